The van der Waals surface area contributed by atoms with Gasteiger partial charge in [0.05, 0.1) is 22.9 Å². The zero-order valence-corrected chi connectivity index (χ0v) is 31.5. The summed E-state index contributed by atoms with van der Waals surface area (Å²) >= 11 is 1.76. The molecular weight excluding hydrogens is 697 g/mol. The number of thioether (sulfide) groups is 1. The van der Waals surface area contributed by atoms with Gasteiger partial charge in [-0.15, -0.1) is 0 Å². The van der Waals surface area contributed by atoms with Gasteiger partial charge < -0.3 is 0 Å². The average Bonchev–Trinajstić information content (AvgIpc) is 3.34. The summed E-state index contributed by atoms with van der Waals surface area (Å²) in [6, 6.07) is 62.6. The fourth-order valence-corrected chi connectivity index (χ4v) is 8.88. The molecule has 0 fully saturated rings. The fraction of sp³-hybridized carbons (Fsp3) is 0.0189. The van der Waals surface area contributed by atoms with Gasteiger partial charge >= 0.3 is 0 Å². The van der Waals surface area contributed by atoms with E-state index in [1.807, 2.05) is 6.20 Å². The second-order valence-corrected chi connectivity index (χ2v) is 15.3. The Balaban J connectivity index is 1.04. The summed E-state index contributed by atoms with van der Waals surface area (Å²) in [5.41, 5.74) is 14.3. The molecule has 0 unspecified atom stereocenters. The Morgan fingerprint density at radius 3 is 1.73 bits per heavy atom. The van der Waals surface area contributed by atoms with Crippen LogP contribution in [0.5, 0.6) is 0 Å². The van der Waals surface area contributed by atoms with Crippen molar-refractivity contribution in [3.63, 3.8) is 0 Å². The van der Waals surface area contributed by atoms with Crippen LogP contribution in [-0.4, -0.2) is 9.97 Å². The van der Waals surface area contributed by atoms with Gasteiger partial charge in [0, 0.05) is 26.1 Å². The minimum atomic E-state index is 0.820. The van der Waals surface area contributed by atoms with Crippen molar-refractivity contribution in [3.8, 4) is 33.5 Å². The van der Waals surface area contributed by atoms with Gasteiger partial charge in [0.1, 0.15) is 0 Å². The monoisotopic (exact) mass is 732 g/mol. The molecule has 0 spiro atoms. The predicted octanol–water partition coefficient (Wildman–Crippen LogP) is 14.3. The predicted molar refractivity (Wildman–Crippen MR) is 238 cm³/mol. The van der Waals surface area contributed by atoms with Crippen LogP contribution in [0.2, 0.25) is 0 Å². The van der Waals surface area contributed by atoms with Gasteiger partial charge in [-0.3, -0.25) is 4.98 Å². The Morgan fingerprint density at radius 1 is 0.464 bits per heavy atom. The first kappa shape index (κ1) is 33.7. The highest BCUT2D eigenvalue weighted by atomic mass is 32.2. The maximum absolute atomic E-state index is 5.27. The van der Waals surface area contributed by atoms with E-state index in [2.05, 4.69) is 188 Å². The van der Waals surface area contributed by atoms with Crippen LogP contribution < -0.4 is 0 Å². The van der Waals surface area contributed by atoms with E-state index in [1.54, 1.807) is 11.8 Å². The number of hydrogen-bond donors (Lipinski definition) is 0. The lowest BCUT2D eigenvalue weighted by molar-refractivity contribution is 1.18. The van der Waals surface area contributed by atoms with Crippen molar-refractivity contribution in [2.75, 3.05) is 0 Å². The largest absolute Gasteiger partial charge is 0.252 e. The third-order valence-corrected chi connectivity index (χ3v) is 11.8. The van der Waals surface area contributed by atoms with E-state index in [9.17, 15) is 0 Å². The summed E-state index contributed by atoms with van der Waals surface area (Å²) in [6.45, 7) is 4.70. The Bertz CT molecular complexity index is 3000. The van der Waals surface area contributed by atoms with Crippen molar-refractivity contribution in [3.05, 3.63) is 222 Å². The molecule has 1 aromatic heterocycles. The standard InChI is InChI=1S/C53H36N2S/c1-35-49(33-41(37-16-6-3-7-17-37)26-27-44-32-40(28-29-51(44)56-35)36-14-4-2-5-15-36)42-20-12-18-38(30-42)39-19-13-21-43(31-39)50-34-54-52-47-24-10-8-22-45(47)46-23-9-11-25-48(46)53(52)55-50/h2-26,28-34H,1,27H2. The summed E-state index contributed by atoms with van der Waals surface area (Å²) in [6.07, 6.45) is 7.43. The van der Waals surface area contributed by atoms with Gasteiger partial charge in [-0.05, 0) is 97.6 Å². The first-order valence-corrected chi connectivity index (χ1v) is 19.8. The maximum atomic E-state index is 5.27. The first-order chi connectivity index (χ1) is 27.7. The molecule has 1 aliphatic rings. The van der Waals surface area contributed by atoms with Crippen LogP contribution in [0.1, 0.15) is 16.7 Å². The normalized spacial score (nSPS) is 13.1. The molecule has 0 N–H and O–H groups in total. The van der Waals surface area contributed by atoms with Crippen LogP contribution in [0.3, 0.4) is 0 Å². The number of allylic oxidation sites excluding steroid dienone is 4. The van der Waals surface area contributed by atoms with Gasteiger partial charge in [-0.25, -0.2) is 4.98 Å². The lowest BCUT2D eigenvalue weighted by Crippen LogP contribution is -1.93. The number of rotatable bonds is 5. The van der Waals surface area contributed by atoms with Gasteiger partial charge in [0.2, 0.25) is 0 Å². The second-order valence-electron chi connectivity index (χ2n) is 14.2. The molecule has 8 aromatic carbocycles. The van der Waals surface area contributed by atoms with Crippen molar-refractivity contribution >= 4 is 55.5 Å². The van der Waals surface area contributed by atoms with Gasteiger partial charge in [0.25, 0.3) is 0 Å². The molecule has 0 radical (unpaired) electrons. The van der Waals surface area contributed by atoms with E-state index in [4.69, 9.17) is 16.5 Å². The van der Waals surface area contributed by atoms with Gasteiger partial charge in [0.15, 0.2) is 0 Å². The molecule has 2 nitrogen and oxygen atoms in total. The minimum Gasteiger partial charge on any atom is -0.252 e. The lowest BCUT2D eigenvalue weighted by atomic mass is 9.94. The summed E-state index contributed by atoms with van der Waals surface area (Å²) in [4.78, 5) is 12.5. The lowest BCUT2D eigenvalue weighted by Gasteiger charge is -2.15. The zero-order valence-electron chi connectivity index (χ0n) is 30.7. The number of nitrogens with zero attached hydrogens (tertiary/aromatic N) is 2. The van der Waals surface area contributed by atoms with Crippen LogP contribution in [0.15, 0.2) is 211 Å². The molecule has 2 heterocycles. The Morgan fingerprint density at radius 2 is 1.02 bits per heavy atom. The molecule has 0 atom stereocenters. The molecular formula is C53H36N2S. The van der Waals surface area contributed by atoms with E-state index in [-0.39, 0.29) is 0 Å². The topological polar surface area (TPSA) is 25.8 Å². The van der Waals surface area contributed by atoms with Crippen molar-refractivity contribution < 1.29 is 0 Å². The van der Waals surface area contributed by atoms with Crippen molar-refractivity contribution in [2.24, 2.45) is 0 Å². The van der Waals surface area contributed by atoms with E-state index in [0.717, 1.165) is 66.7 Å². The molecule has 10 rings (SSSR count). The third-order valence-electron chi connectivity index (χ3n) is 10.7. The van der Waals surface area contributed by atoms with Gasteiger partial charge in [-0.2, -0.15) is 0 Å². The smallest absolute Gasteiger partial charge is 0.0979 e. The SMILES string of the molecule is C=C1Sc2ccc(-c3ccccc3)cc2CC=C(c2ccccc2)C=C1c1cccc(-c2cccc(-c3cnc4c5ccccc5c5ccccc5c4n3)c2)c1. The molecule has 0 saturated carbocycles. The average molecular weight is 733 g/mol. The number of hydrogen-bond acceptors (Lipinski definition) is 3. The number of benzene rings is 8. The maximum Gasteiger partial charge on any atom is 0.0979 e. The highest BCUT2D eigenvalue weighted by Crippen LogP contribution is 2.42. The van der Waals surface area contributed by atoms with Crippen molar-refractivity contribution in [2.45, 2.75) is 11.3 Å². The second kappa shape index (κ2) is 14.4. The minimum absolute atomic E-state index is 0.820. The molecule has 0 bridgehead atoms. The first-order valence-electron chi connectivity index (χ1n) is 19.0. The quantitative estimate of drug-likeness (QED) is 0.165. The zero-order chi connectivity index (χ0) is 37.4. The van der Waals surface area contributed by atoms with Crippen molar-refractivity contribution in [1.82, 2.24) is 9.97 Å². The molecule has 0 amide bonds. The van der Waals surface area contributed by atoms with Crippen molar-refractivity contribution in [1.29, 1.82) is 0 Å². The van der Waals surface area contributed by atoms with Crippen LogP contribution in [0, 0.1) is 0 Å². The summed E-state index contributed by atoms with van der Waals surface area (Å²) in [5, 5.41) is 4.63. The fourth-order valence-electron chi connectivity index (χ4n) is 7.91. The summed E-state index contributed by atoms with van der Waals surface area (Å²) in [7, 11) is 0. The van der Waals surface area contributed by atoms with Crippen LogP contribution in [-0.2, 0) is 6.42 Å². The van der Waals surface area contributed by atoms with E-state index >= 15 is 0 Å². The molecule has 0 saturated heterocycles. The highest BCUT2D eigenvalue weighted by molar-refractivity contribution is 8.03. The third kappa shape index (κ3) is 6.32. The Kier molecular flexibility index (Phi) is 8.70. The Hall–Kier alpha value is -6.81. The van der Waals surface area contributed by atoms with Crippen LogP contribution >= 0.6 is 11.8 Å². The van der Waals surface area contributed by atoms with E-state index < -0.39 is 0 Å². The molecule has 1 aliphatic heterocycles. The Labute approximate surface area is 331 Å². The summed E-state index contributed by atoms with van der Waals surface area (Å²) < 4.78 is 0. The molecule has 56 heavy (non-hydrogen) atoms. The van der Waals surface area contributed by atoms with E-state index in [1.165, 1.54) is 43.5 Å². The highest BCUT2D eigenvalue weighted by Gasteiger charge is 2.17. The number of fused-ring (bicyclic) bond motifs is 7. The van der Waals surface area contributed by atoms with Gasteiger partial charge in [-0.1, -0.05) is 176 Å². The van der Waals surface area contributed by atoms with Crippen LogP contribution in [0.25, 0.3) is 77.2 Å². The molecule has 3 heteroatoms. The molecule has 0 aliphatic carbocycles. The molecule has 9 aromatic rings. The number of aromatic nitrogens is 2. The summed E-state index contributed by atoms with van der Waals surface area (Å²) in [5.74, 6) is 0. The molecule has 264 valence electrons. The van der Waals surface area contributed by atoms with E-state index in [0.29, 0.717) is 0 Å². The van der Waals surface area contributed by atoms with Crippen LogP contribution in [0.4, 0.5) is 0 Å².